The van der Waals surface area contributed by atoms with Crippen LogP contribution in [-0.4, -0.2) is 5.24 Å². The van der Waals surface area contributed by atoms with E-state index in [-0.39, 0.29) is 5.24 Å². The Bertz CT molecular complexity index is 338. The van der Waals surface area contributed by atoms with Gasteiger partial charge in [0.25, 0.3) is 0 Å². The first kappa shape index (κ1) is 8.01. The van der Waals surface area contributed by atoms with E-state index in [0.717, 1.165) is 15.8 Å². The Morgan fingerprint density at radius 3 is 3.08 bits per heavy atom. The molecule has 0 spiro atoms. The number of thiocarbonyl (C=S) groups is 1. The minimum absolute atomic E-state index is 0.195. The summed E-state index contributed by atoms with van der Waals surface area (Å²) in [7, 11) is 0. The number of hydrogen-bond acceptors (Lipinski definition) is 3. The van der Waals surface area contributed by atoms with Gasteiger partial charge in [-0.1, -0.05) is 22.0 Å². The highest BCUT2D eigenvalue weighted by Crippen LogP contribution is 2.27. The molecule has 1 aromatic rings. The molecule has 0 radical (unpaired) electrons. The van der Waals surface area contributed by atoms with Crippen molar-refractivity contribution in [1.29, 1.82) is 0 Å². The molecule has 12 heavy (non-hydrogen) atoms. The van der Waals surface area contributed by atoms with Crippen molar-refractivity contribution in [3.8, 4) is 5.75 Å². The number of ether oxygens (including phenoxy) is 2. The molecule has 0 amide bonds. The van der Waals surface area contributed by atoms with Gasteiger partial charge in [0, 0.05) is 22.3 Å². The maximum atomic E-state index is 5.19. The number of hydrogen-bond donors (Lipinski definition) is 0. The molecule has 1 aliphatic rings. The molecule has 0 fully saturated rings. The highest BCUT2D eigenvalue weighted by atomic mass is 79.9. The van der Waals surface area contributed by atoms with E-state index in [1.165, 1.54) is 0 Å². The number of halogens is 1. The second-order valence-corrected chi connectivity index (χ2v) is 3.64. The van der Waals surface area contributed by atoms with E-state index >= 15 is 0 Å². The SMILES string of the molecule is S=C1OCc2ccc(Br)cc2O1. The summed E-state index contributed by atoms with van der Waals surface area (Å²) in [5.41, 5.74) is 1.02. The Kier molecular flexibility index (Phi) is 2.02. The first-order chi connectivity index (χ1) is 5.75. The standard InChI is InChI=1S/C8H5BrO2S/c9-6-2-1-5-4-10-8(12)11-7(5)3-6/h1-3H,4H2. The molecule has 0 aliphatic carbocycles. The van der Waals surface area contributed by atoms with Gasteiger partial charge >= 0.3 is 5.24 Å². The van der Waals surface area contributed by atoms with Crippen molar-refractivity contribution >= 4 is 33.4 Å². The maximum Gasteiger partial charge on any atom is 0.358 e. The molecule has 0 saturated carbocycles. The Labute approximate surface area is 83.6 Å². The van der Waals surface area contributed by atoms with Gasteiger partial charge in [0.2, 0.25) is 0 Å². The zero-order valence-electron chi connectivity index (χ0n) is 6.04. The summed E-state index contributed by atoms with van der Waals surface area (Å²) in [4.78, 5) is 0. The normalized spacial score (nSPS) is 14.6. The second-order valence-electron chi connectivity index (χ2n) is 2.39. The molecule has 4 heteroatoms. The monoisotopic (exact) mass is 244 g/mol. The van der Waals surface area contributed by atoms with Crippen LogP contribution in [0.25, 0.3) is 0 Å². The van der Waals surface area contributed by atoms with Crippen LogP contribution in [0, 0.1) is 0 Å². The fourth-order valence-electron chi connectivity index (χ4n) is 0.999. The van der Waals surface area contributed by atoms with Gasteiger partial charge in [0.05, 0.1) is 0 Å². The van der Waals surface area contributed by atoms with Crippen LogP contribution in [0.2, 0.25) is 0 Å². The molecule has 0 atom stereocenters. The molecule has 62 valence electrons. The summed E-state index contributed by atoms with van der Waals surface area (Å²) in [6, 6.07) is 5.77. The minimum Gasteiger partial charge on any atom is -0.452 e. The highest BCUT2D eigenvalue weighted by molar-refractivity contribution is 9.10. The molecular formula is C8H5BrO2S. The zero-order chi connectivity index (χ0) is 8.55. The van der Waals surface area contributed by atoms with Gasteiger partial charge in [-0.3, -0.25) is 0 Å². The summed E-state index contributed by atoms with van der Waals surface area (Å²) >= 11 is 8.11. The molecule has 1 heterocycles. The Morgan fingerprint density at radius 2 is 2.25 bits per heavy atom. The number of benzene rings is 1. The lowest BCUT2D eigenvalue weighted by atomic mass is 10.2. The van der Waals surface area contributed by atoms with Gasteiger partial charge in [0.1, 0.15) is 12.4 Å². The van der Waals surface area contributed by atoms with Crippen molar-refractivity contribution in [2.75, 3.05) is 0 Å². The third kappa shape index (κ3) is 1.44. The summed E-state index contributed by atoms with van der Waals surface area (Å²) in [6.07, 6.45) is 0. The van der Waals surface area contributed by atoms with E-state index in [1.807, 2.05) is 18.2 Å². The molecule has 0 unspecified atom stereocenters. The molecule has 2 nitrogen and oxygen atoms in total. The van der Waals surface area contributed by atoms with Crippen LogP contribution in [0.5, 0.6) is 5.75 Å². The average Bonchev–Trinajstić information content (AvgIpc) is 2.03. The van der Waals surface area contributed by atoms with Crippen LogP contribution in [-0.2, 0) is 11.3 Å². The zero-order valence-corrected chi connectivity index (χ0v) is 8.44. The molecule has 2 rings (SSSR count). The average molecular weight is 245 g/mol. The van der Waals surface area contributed by atoms with Crippen LogP contribution in [0.15, 0.2) is 22.7 Å². The van der Waals surface area contributed by atoms with Gasteiger partial charge in [-0.05, 0) is 12.1 Å². The predicted octanol–water partition coefficient (Wildman–Crippen LogP) is 2.64. The van der Waals surface area contributed by atoms with Gasteiger partial charge < -0.3 is 9.47 Å². The van der Waals surface area contributed by atoms with Crippen molar-refractivity contribution in [2.45, 2.75) is 6.61 Å². The quantitative estimate of drug-likeness (QED) is 0.654. The summed E-state index contributed by atoms with van der Waals surface area (Å²) in [5.74, 6) is 0.778. The van der Waals surface area contributed by atoms with Crippen molar-refractivity contribution in [1.82, 2.24) is 0 Å². The summed E-state index contributed by atoms with van der Waals surface area (Å²) in [5, 5.41) is 0.195. The smallest absolute Gasteiger partial charge is 0.358 e. The second kappa shape index (κ2) is 3.03. The number of rotatable bonds is 0. The van der Waals surface area contributed by atoms with Crippen molar-refractivity contribution < 1.29 is 9.47 Å². The van der Waals surface area contributed by atoms with E-state index in [4.69, 9.17) is 21.7 Å². The van der Waals surface area contributed by atoms with Gasteiger partial charge in [0.15, 0.2) is 0 Å². The molecule has 1 aromatic carbocycles. The Hall–Kier alpha value is -0.610. The van der Waals surface area contributed by atoms with Crippen molar-refractivity contribution in [2.24, 2.45) is 0 Å². The third-order valence-electron chi connectivity index (χ3n) is 1.57. The molecule has 0 bridgehead atoms. The van der Waals surface area contributed by atoms with Gasteiger partial charge in [-0.25, -0.2) is 0 Å². The first-order valence-corrected chi connectivity index (χ1v) is 4.59. The van der Waals surface area contributed by atoms with Crippen LogP contribution < -0.4 is 4.74 Å². The third-order valence-corrected chi connectivity index (χ3v) is 2.26. The molecular weight excluding hydrogens is 240 g/mol. The van der Waals surface area contributed by atoms with Crippen LogP contribution in [0.1, 0.15) is 5.56 Å². The predicted molar refractivity (Wildman–Crippen MR) is 52.2 cm³/mol. The van der Waals surface area contributed by atoms with E-state index in [1.54, 1.807) is 0 Å². The van der Waals surface area contributed by atoms with Gasteiger partial charge in [-0.2, -0.15) is 0 Å². The molecule has 1 aliphatic heterocycles. The maximum absolute atomic E-state index is 5.19. The fourth-order valence-corrected chi connectivity index (χ4v) is 1.49. The summed E-state index contributed by atoms with van der Waals surface area (Å²) < 4.78 is 11.2. The van der Waals surface area contributed by atoms with E-state index in [2.05, 4.69) is 15.9 Å². The van der Waals surface area contributed by atoms with Crippen molar-refractivity contribution in [3.05, 3.63) is 28.2 Å². The number of fused-ring (bicyclic) bond motifs is 1. The lowest BCUT2D eigenvalue weighted by Gasteiger charge is -2.17. The molecule has 0 aromatic heterocycles. The van der Waals surface area contributed by atoms with Crippen molar-refractivity contribution in [3.63, 3.8) is 0 Å². The largest absolute Gasteiger partial charge is 0.452 e. The Morgan fingerprint density at radius 1 is 1.42 bits per heavy atom. The van der Waals surface area contributed by atoms with Crippen LogP contribution in [0.4, 0.5) is 0 Å². The lowest BCUT2D eigenvalue weighted by Crippen LogP contribution is -2.16. The lowest BCUT2D eigenvalue weighted by molar-refractivity contribution is 0.210. The first-order valence-electron chi connectivity index (χ1n) is 3.39. The topological polar surface area (TPSA) is 18.5 Å². The van der Waals surface area contributed by atoms with E-state index in [0.29, 0.717) is 6.61 Å². The highest BCUT2D eigenvalue weighted by Gasteiger charge is 2.14. The molecule has 0 N–H and O–H groups in total. The van der Waals surface area contributed by atoms with Crippen LogP contribution in [0.3, 0.4) is 0 Å². The van der Waals surface area contributed by atoms with E-state index < -0.39 is 0 Å². The van der Waals surface area contributed by atoms with Crippen LogP contribution >= 0.6 is 28.1 Å². The fraction of sp³-hybridized carbons (Fsp3) is 0.125. The summed E-state index contributed by atoms with van der Waals surface area (Å²) in [6.45, 7) is 0.501. The molecule has 0 saturated heterocycles. The Balaban J connectivity index is 2.44. The minimum atomic E-state index is 0.195. The van der Waals surface area contributed by atoms with Gasteiger partial charge in [-0.15, -0.1) is 0 Å². The van der Waals surface area contributed by atoms with E-state index in [9.17, 15) is 0 Å².